The number of fused-ring (bicyclic) bond motifs is 1. The van der Waals surface area contributed by atoms with E-state index < -0.39 is 36.9 Å². The van der Waals surface area contributed by atoms with E-state index in [1.165, 1.54) is 17.0 Å². The number of nitrogens with zero attached hydrogens (tertiary/aromatic N) is 1. The van der Waals surface area contributed by atoms with Gasteiger partial charge in [-0.2, -0.15) is 13.2 Å². The first-order valence-electron chi connectivity index (χ1n) is 9.38. The number of hydrogen-bond donors (Lipinski definition) is 0. The summed E-state index contributed by atoms with van der Waals surface area (Å²) >= 11 is 0. The third-order valence-corrected chi connectivity index (χ3v) is 4.78. The summed E-state index contributed by atoms with van der Waals surface area (Å²) in [7, 11) is 0.407. The molecule has 162 valence electrons. The standard InChI is InChI=1S/C20H17BF3NO6/c1-25-9-17(26)30-21(31-18(27)10-25)12-5-7-13(8-6-12)29-16-11-28-19-14(16)3-2-4-15(19)20(22,23)24/h2-8,16H,9-11H2,1H3. The average molecular weight is 435 g/mol. The van der Waals surface area contributed by atoms with E-state index in [-0.39, 0.29) is 25.4 Å². The summed E-state index contributed by atoms with van der Waals surface area (Å²) in [6.45, 7) is -0.156. The number of likely N-dealkylation sites (N-methyl/N-ethyl adjacent to an activating group) is 1. The lowest BCUT2D eigenvalue weighted by Crippen LogP contribution is -2.47. The second kappa shape index (κ2) is 8.14. The number of alkyl halides is 3. The molecule has 0 saturated carbocycles. The first-order valence-corrected chi connectivity index (χ1v) is 9.38. The molecule has 0 N–H and O–H groups in total. The topological polar surface area (TPSA) is 74.3 Å². The van der Waals surface area contributed by atoms with Crippen molar-refractivity contribution in [3.8, 4) is 11.5 Å². The van der Waals surface area contributed by atoms with Crippen molar-refractivity contribution >= 4 is 24.5 Å². The zero-order chi connectivity index (χ0) is 22.2. The minimum atomic E-state index is -4.52. The van der Waals surface area contributed by atoms with Crippen molar-refractivity contribution in [2.45, 2.75) is 12.3 Å². The van der Waals surface area contributed by atoms with Crippen LogP contribution in [0, 0.1) is 0 Å². The van der Waals surface area contributed by atoms with Gasteiger partial charge in [0, 0.05) is 11.0 Å². The van der Waals surface area contributed by atoms with Crippen molar-refractivity contribution in [2.75, 3.05) is 26.7 Å². The van der Waals surface area contributed by atoms with Gasteiger partial charge in [0.15, 0.2) is 6.10 Å². The summed E-state index contributed by atoms with van der Waals surface area (Å²) in [5, 5.41) is 0. The molecule has 2 aromatic rings. The van der Waals surface area contributed by atoms with Crippen LogP contribution >= 0.6 is 0 Å². The number of halogens is 3. The van der Waals surface area contributed by atoms with E-state index in [9.17, 15) is 22.8 Å². The lowest BCUT2D eigenvalue weighted by Gasteiger charge is -2.22. The maximum absolute atomic E-state index is 13.2. The molecule has 2 aliphatic rings. The van der Waals surface area contributed by atoms with E-state index in [0.717, 1.165) is 6.07 Å². The van der Waals surface area contributed by atoms with Crippen LogP contribution < -0.4 is 14.9 Å². The molecule has 2 aliphatic heterocycles. The van der Waals surface area contributed by atoms with Crippen molar-refractivity contribution in [2.24, 2.45) is 0 Å². The fourth-order valence-electron chi connectivity index (χ4n) is 3.38. The van der Waals surface area contributed by atoms with Gasteiger partial charge < -0.3 is 18.8 Å². The molecule has 1 atom stereocenters. The second-order valence-corrected chi connectivity index (χ2v) is 7.19. The molecule has 0 aromatic heterocycles. The summed E-state index contributed by atoms with van der Waals surface area (Å²) in [5.41, 5.74) is -0.114. The molecule has 31 heavy (non-hydrogen) atoms. The molecule has 1 fully saturated rings. The summed E-state index contributed by atoms with van der Waals surface area (Å²) in [4.78, 5) is 25.2. The SMILES string of the molecule is CN1CC(=O)OB(c2ccc(OC3COc4c3cccc4C(F)(F)F)cc2)OC(=O)C1. The Morgan fingerprint density at radius 3 is 2.29 bits per heavy atom. The van der Waals surface area contributed by atoms with Gasteiger partial charge in [0.1, 0.15) is 18.1 Å². The molecule has 11 heteroatoms. The second-order valence-electron chi connectivity index (χ2n) is 7.19. The summed E-state index contributed by atoms with van der Waals surface area (Å²) < 4.78 is 60.9. The van der Waals surface area contributed by atoms with E-state index in [2.05, 4.69) is 0 Å². The predicted octanol–water partition coefficient (Wildman–Crippen LogP) is 1.94. The Labute approximate surface area is 175 Å². The minimum Gasteiger partial charge on any atom is -0.494 e. The summed E-state index contributed by atoms with van der Waals surface area (Å²) in [5.74, 6) is -0.943. The van der Waals surface area contributed by atoms with Crippen LogP contribution in [-0.2, 0) is 25.1 Å². The molecule has 2 heterocycles. The molecule has 7 nitrogen and oxygen atoms in total. The normalized spacial score (nSPS) is 19.6. The third-order valence-electron chi connectivity index (χ3n) is 4.78. The van der Waals surface area contributed by atoms with Crippen molar-refractivity contribution in [1.29, 1.82) is 0 Å². The van der Waals surface area contributed by atoms with E-state index in [0.29, 0.717) is 16.8 Å². The number of hydrogen-bond acceptors (Lipinski definition) is 7. The predicted molar refractivity (Wildman–Crippen MR) is 102 cm³/mol. The number of benzene rings is 2. The Morgan fingerprint density at radius 2 is 1.68 bits per heavy atom. The highest BCUT2D eigenvalue weighted by atomic mass is 19.4. The van der Waals surface area contributed by atoms with Gasteiger partial charge in [-0.3, -0.25) is 14.5 Å². The van der Waals surface area contributed by atoms with Crippen LogP contribution in [0.1, 0.15) is 17.2 Å². The zero-order valence-electron chi connectivity index (χ0n) is 16.3. The maximum atomic E-state index is 13.2. The van der Waals surface area contributed by atoms with Gasteiger partial charge in [0.2, 0.25) is 0 Å². The van der Waals surface area contributed by atoms with Gasteiger partial charge in [-0.1, -0.05) is 24.3 Å². The van der Waals surface area contributed by atoms with Crippen molar-refractivity contribution < 1.29 is 41.5 Å². The molecule has 0 aliphatic carbocycles. The average Bonchev–Trinajstić information content (AvgIpc) is 3.09. The number of para-hydroxylation sites is 1. The van der Waals surface area contributed by atoms with Gasteiger partial charge >= 0.3 is 25.2 Å². The molecule has 0 bridgehead atoms. The minimum absolute atomic E-state index is 0.0478. The highest BCUT2D eigenvalue weighted by Crippen LogP contribution is 2.44. The quantitative estimate of drug-likeness (QED) is 0.683. The van der Waals surface area contributed by atoms with Crippen LogP contribution in [0.5, 0.6) is 11.5 Å². The zero-order valence-corrected chi connectivity index (χ0v) is 16.3. The molecule has 0 radical (unpaired) electrons. The largest absolute Gasteiger partial charge is 0.636 e. The third kappa shape index (κ3) is 4.61. The Morgan fingerprint density at radius 1 is 1.03 bits per heavy atom. The number of carbonyl (C=O) groups is 2. The molecule has 4 rings (SSSR count). The molecule has 2 aromatic carbocycles. The van der Waals surface area contributed by atoms with Crippen LogP contribution in [0.15, 0.2) is 42.5 Å². The van der Waals surface area contributed by atoms with Gasteiger partial charge in [-0.25, -0.2) is 0 Å². The molecule has 1 unspecified atom stereocenters. The van der Waals surface area contributed by atoms with Crippen LogP contribution in [0.4, 0.5) is 13.2 Å². The van der Waals surface area contributed by atoms with Crippen LogP contribution in [0.3, 0.4) is 0 Å². The van der Waals surface area contributed by atoms with Crippen LogP contribution in [-0.4, -0.2) is 50.7 Å². The van der Waals surface area contributed by atoms with Crippen molar-refractivity contribution in [1.82, 2.24) is 4.90 Å². The smallest absolute Gasteiger partial charge is 0.494 e. The maximum Gasteiger partial charge on any atom is 0.636 e. The number of rotatable bonds is 3. The Hall–Kier alpha value is -3.21. The first kappa shape index (κ1) is 21.0. The molecule has 0 amide bonds. The van der Waals surface area contributed by atoms with E-state index in [1.807, 2.05) is 0 Å². The molecular weight excluding hydrogens is 418 g/mol. The molecule has 1 saturated heterocycles. The fourth-order valence-corrected chi connectivity index (χ4v) is 3.38. The van der Waals surface area contributed by atoms with Gasteiger partial charge in [-0.15, -0.1) is 0 Å². The van der Waals surface area contributed by atoms with Crippen molar-refractivity contribution in [3.05, 3.63) is 53.6 Å². The number of ether oxygens (including phenoxy) is 2. The van der Waals surface area contributed by atoms with Gasteiger partial charge in [0.25, 0.3) is 0 Å². The Balaban J connectivity index is 1.48. The van der Waals surface area contributed by atoms with Gasteiger partial charge in [-0.05, 0) is 25.2 Å². The van der Waals surface area contributed by atoms with E-state index in [1.54, 1.807) is 31.3 Å². The van der Waals surface area contributed by atoms with E-state index >= 15 is 0 Å². The highest BCUT2D eigenvalue weighted by Gasteiger charge is 2.39. The Kier molecular flexibility index (Phi) is 5.53. The summed E-state index contributed by atoms with van der Waals surface area (Å²) in [6.07, 6.45) is -5.24. The molecule has 0 spiro atoms. The van der Waals surface area contributed by atoms with Crippen LogP contribution in [0.25, 0.3) is 0 Å². The highest BCUT2D eigenvalue weighted by molar-refractivity contribution is 6.64. The summed E-state index contributed by atoms with van der Waals surface area (Å²) in [6, 6.07) is 10.0. The lowest BCUT2D eigenvalue weighted by molar-refractivity contribution is -0.145. The Bertz CT molecular complexity index is 977. The molecular formula is C20H17BF3NO6. The first-order chi connectivity index (χ1) is 14.7. The monoisotopic (exact) mass is 435 g/mol. The van der Waals surface area contributed by atoms with Crippen molar-refractivity contribution in [3.63, 3.8) is 0 Å². The number of carbonyl (C=O) groups excluding carboxylic acids is 2. The fraction of sp³-hybridized carbons (Fsp3) is 0.300. The van der Waals surface area contributed by atoms with E-state index in [4.69, 9.17) is 18.8 Å². The van der Waals surface area contributed by atoms with Crippen LogP contribution in [0.2, 0.25) is 0 Å². The van der Waals surface area contributed by atoms with Gasteiger partial charge in [0.05, 0.1) is 18.7 Å². The lowest BCUT2D eigenvalue weighted by atomic mass is 9.78.